The molecule has 2 rings (SSSR count). The number of nitrogens with zero attached hydrogens (tertiary/aromatic N) is 1. The number of Topliss-reactive ketones (excluding diaryl/α,β-unsaturated/α-hetero) is 1. The first kappa shape index (κ1) is 10.3. The highest BCUT2D eigenvalue weighted by Gasteiger charge is 2.24. The Balaban J connectivity index is 2.51. The number of hydrogen-bond donors (Lipinski definition) is 0. The second kappa shape index (κ2) is 3.44. The Labute approximate surface area is 90.7 Å². The van der Waals surface area contributed by atoms with Gasteiger partial charge in [-0.3, -0.25) is 9.78 Å². The predicted octanol–water partition coefficient (Wildman–Crippen LogP) is 2.44. The maximum absolute atomic E-state index is 11.3. The van der Waals surface area contributed by atoms with Gasteiger partial charge in [0.05, 0.1) is 5.69 Å². The molecule has 0 N–H and O–H groups in total. The molecule has 1 aliphatic carbocycles. The lowest BCUT2D eigenvalue weighted by Crippen LogP contribution is -2.22. The summed E-state index contributed by atoms with van der Waals surface area (Å²) in [7, 11) is 0. The summed E-state index contributed by atoms with van der Waals surface area (Å²) in [6.45, 7) is 6.62. The fourth-order valence-corrected chi connectivity index (χ4v) is 2.21. The van der Waals surface area contributed by atoms with E-state index in [1.165, 1.54) is 11.1 Å². The van der Waals surface area contributed by atoms with Crippen LogP contribution in [0.15, 0.2) is 12.3 Å². The number of pyridine rings is 1. The Hall–Kier alpha value is -1.18. The molecule has 0 aromatic carbocycles. The molecule has 1 aliphatic rings. The minimum atomic E-state index is 0.146. The van der Waals surface area contributed by atoms with E-state index in [1.54, 1.807) is 0 Å². The lowest BCUT2D eigenvalue weighted by molar-refractivity contribution is -0.118. The standard InChI is InChI=1S/C13H17NO/c1-13(2,3)11-6-7-14-12-8-9(15)4-5-10(11)12/h6-7H,4-5,8H2,1-3H3. The number of ketones is 1. The van der Waals surface area contributed by atoms with Gasteiger partial charge in [-0.15, -0.1) is 0 Å². The summed E-state index contributed by atoms with van der Waals surface area (Å²) in [5.41, 5.74) is 3.80. The Morgan fingerprint density at radius 3 is 2.67 bits per heavy atom. The molecule has 0 spiro atoms. The van der Waals surface area contributed by atoms with Gasteiger partial charge < -0.3 is 0 Å². The zero-order chi connectivity index (χ0) is 11.1. The van der Waals surface area contributed by atoms with Gasteiger partial charge in [0.15, 0.2) is 0 Å². The molecule has 2 nitrogen and oxygen atoms in total. The van der Waals surface area contributed by atoms with Gasteiger partial charge in [0.2, 0.25) is 0 Å². The van der Waals surface area contributed by atoms with Crippen LogP contribution >= 0.6 is 0 Å². The van der Waals surface area contributed by atoms with Crippen LogP contribution < -0.4 is 0 Å². The topological polar surface area (TPSA) is 30.0 Å². The van der Waals surface area contributed by atoms with Gasteiger partial charge in [0, 0.05) is 19.0 Å². The van der Waals surface area contributed by atoms with Crippen molar-refractivity contribution in [2.45, 2.75) is 45.4 Å². The summed E-state index contributed by atoms with van der Waals surface area (Å²) in [5.74, 6) is 0.320. The third kappa shape index (κ3) is 1.94. The molecule has 0 fully saturated rings. The van der Waals surface area contributed by atoms with Crippen molar-refractivity contribution in [3.8, 4) is 0 Å². The van der Waals surface area contributed by atoms with Crippen molar-refractivity contribution in [1.82, 2.24) is 4.98 Å². The highest BCUT2D eigenvalue weighted by Crippen LogP contribution is 2.30. The molecule has 0 saturated carbocycles. The van der Waals surface area contributed by atoms with Crippen molar-refractivity contribution in [3.05, 3.63) is 29.1 Å². The summed E-state index contributed by atoms with van der Waals surface area (Å²) in [6, 6.07) is 2.09. The van der Waals surface area contributed by atoms with Crippen LogP contribution in [0.25, 0.3) is 0 Å². The quantitative estimate of drug-likeness (QED) is 0.648. The van der Waals surface area contributed by atoms with Crippen LogP contribution in [0.3, 0.4) is 0 Å². The second-order valence-electron chi connectivity index (χ2n) is 5.25. The molecule has 1 aromatic heterocycles. The van der Waals surface area contributed by atoms with E-state index in [2.05, 4.69) is 31.8 Å². The molecule has 0 amide bonds. The van der Waals surface area contributed by atoms with Gasteiger partial charge in [-0.1, -0.05) is 20.8 Å². The van der Waals surface area contributed by atoms with Crippen molar-refractivity contribution in [3.63, 3.8) is 0 Å². The number of rotatable bonds is 0. The number of carbonyl (C=O) groups is 1. The third-order valence-electron chi connectivity index (χ3n) is 2.97. The maximum Gasteiger partial charge on any atom is 0.139 e. The predicted molar refractivity (Wildman–Crippen MR) is 60.0 cm³/mol. The third-order valence-corrected chi connectivity index (χ3v) is 2.97. The molecule has 0 unspecified atom stereocenters. The number of hydrogen-bond acceptors (Lipinski definition) is 2. The molecule has 80 valence electrons. The van der Waals surface area contributed by atoms with Crippen molar-refractivity contribution in [2.75, 3.05) is 0 Å². The van der Waals surface area contributed by atoms with E-state index < -0.39 is 0 Å². The maximum atomic E-state index is 11.3. The fourth-order valence-electron chi connectivity index (χ4n) is 2.21. The smallest absolute Gasteiger partial charge is 0.139 e. The summed E-state index contributed by atoms with van der Waals surface area (Å²) in [6.07, 6.45) is 3.91. The molecule has 0 saturated heterocycles. The monoisotopic (exact) mass is 203 g/mol. The van der Waals surface area contributed by atoms with Crippen molar-refractivity contribution in [2.24, 2.45) is 0 Å². The van der Waals surface area contributed by atoms with E-state index >= 15 is 0 Å². The van der Waals surface area contributed by atoms with Gasteiger partial charge >= 0.3 is 0 Å². The summed E-state index contributed by atoms with van der Waals surface area (Å²) in [4.78, 5) is 15.7. The van der Waals surface area contributed by atoms with E-state index in [4.69, 9.17) is 0 Å². The molecule has 0 radical (unpaired) electrons. The lowest BCUT2D eigenvalue weighted by atomic mass is 9.80. The molecule has 15 heavy (non-hydrogen) atoms. The van der Waals surface area contributed by atoms with E-state index in [-0.39, 0.29) is 5.41 Å². The number of fused-ring (bicyclic) bond motifs is 1. The van der Waals surface area contributed by atoms with E-state index in [9.17, 15) is 4.79 Å². The van der Waals surface area contributed by atoms with Crippen molar-refractivity contribution in [1.29, 1.82) is 0 Å². The van der Waals surface area contributed by atoms with Crippen LogP contribution in [0.2, 0.25) is 0 Å². The number of carbonyl (C=O) groups excluding carboxylic acids is 1. The zero-order valence-electron chi connectivity index (χ0n) is 9.63. The zero-order valence-corrected chi connectivity index (χ0v) is 9.63. The van der Waals surface area contributed by atoms with Crippen LogP contribution in [-0.2, 0) is 23.1 Å². The molecular formula is C13H17NO. The van der Waals surface area contributed by atoms with E-state index in [0.717, 1.165) is 12.1 Å². The summed E-state index contributed by atoms with van der Waals surface area (Å²) < 4.78 is 0. The fraction of sp³-hybridized carbons (Fsp3) is 0.538. The van der Waals surface area contributed by atoms with Gasteiger partial charge in [-0.05, 0) is 29.0 Å². The summed E-state index contributed by atoms with van der Waals surface area (Å²) in [5, 5.41) is 0. The molecule has 2 heteroatoms. The number of aromatic nitrogens is 1. The van der Waals surface area contributed by atoms with Gasteiger partial charge in [-0.2, -0.15) is 0 Å². The van der Waals surface area contributed by atoms with Crippen LogP contribution in [0.1, 0.15) is 44.0 Å². The first-order valence-corrected chi connectivity index (χ1v) is 5.47. The Morgan fingerprint density at radius 1 is 1.27 bits per heavy atom. The van der Waals surface area contributed by atoms with E-state index in [1.807, 2.05) is 6.20 Å². The van der Waals surface area contributed by atoms with Crippen LogP contribution in [-0.4, -0.2) is 10.8 Å². The minimum absolute atomic E-state index is 0.146. The average molecular weight is 203 g/mol. The normalized spacial score (nSPS) is 16.3. The van der Waals surface area contributed by atoms with Crippen LogP contribution in [0, 0.1) is 0 Å². The largest absolute Gasteiger partial charge is 0.299 e. The molecule has 0 bridgehead atoms. The van der Waals surface area contributed by atoms with Crippen LogP contribution in [0.5, 0.6) is 0 Å². The second-order valence-corrected chi connectivity index (χ2v) is 5.25. The van der Waals surface area contributed by atoms with Gasteiger partial charge in [0.1, 0.15) is 5.78 Å². The van der Waals surface area contributed by atoms with E-state index in [0.29, 0.717) is 18.6 Å². The molecule has 1 aromatic rings. The van der Waals surface area contributed by atoms with Crippen molar-refractivity contribution < 1.29 is 4.79 Å². The van der Waals surface area contributed by atoms with Gasteiger partial charge in [-0.25, -0.2) is 0 Å². The molecule has 0 aliphatic heterocycles. The SMILES string of the molecule is CC(C)(C)c1ccnc2c1CCC(=O)C2. The highest BCUT2D eigenvalue weighted by atomic mass is 16.1. The summed E-state index contributed by atoms with van der Waals surface area (Å²) >= 11 is 0. The lowest BCUT2D eigenvalue weighted by Gasteiger charge is -2.26. The molecule has 0 atom stereocenters. The molecular weight excluding hydrogens is 186 g/mol. The Bertz CT molecular complexity index is 401. The first-order valence-electron chi connectivity index (χ1n) is 5.47. The Morgan fingerprint density at radius 2 is 2.00 bits per heavy atom. The van der Waals surface area contributed by atoms with Gasteiger partial charge in [0.25, 0.3) is 0 Å². The van der Waals surface area contributed by atoms with Crippen molar-refractivity contribution >= 4 is 5.78 Å². The molecule has 1 heterocycles. The highest BCUT2D eigenvalue weighted by molar-refractivity contribution is 5.82. The minimum Gasteiger partial charge on any atom is -0.299 e. The van der Waals surface area contributed by atoms with Crippen LogP contribution in [0.4, 0.5) is 0 Å². The average Bonchev–Trinajstić information content (AvgIpc) is 2.15. The first-order chi connectivity index (χ1) is 6.98. The Kier molecular flexibility index (Phi) is 2.37.